The van der Waals surface area contributed by atoms with E-state index in [-0.39, 0.29) is 36.6 Å². The van der Waals surface area contributed by atoms with Gasteiger partial charge in [0.1, 0.15) is 5.75 Å². The maximum Gasteiger partial charge on any atom is 0.530 e. The maximum absolute atomic E-state index is 12.6. The molecule has 0 amide bonds. The fourth-order valence-corrected chi connectivity index (χ4v) is 3.68. The quantitative estimate of drug-likeness (QED) is 0.185. The largest absolute Gasteiger partial charge is 0.530 e. The van der Waals surface area contributed by atoms with Crippen LogP contribution in [-0.4, -0.2) is 34.5 Å². The highest BCUT2D eigenvalue weighted by Crippen LogP contribution is 2.49. The molecule has 1 aromatic heterocycles. The molecule has 0 saturated carbocycles. The van der Waals surface area contributed by atoms with E-state index in [1.165, 1.54) is 30.5 Å². The first-order valence-electron chi connectivity index (χ1n) is 9.49. The van der Waals surface area contributed by atoms with Crippen LogP contribution in [0, 0.1) is 10.1 Å². The smallest absolute Gasteiger partial charge is 0.403 e. The van der Waals surface area contributed by atoms with Crippen molar-refractivity contribution in [3.8, 4) is 17.2 Å². The lowest BCUT2D eigenvalue weighted by atomic mass is 10.2. The number of anilines is 1. The van der Waals surface area contributed by atoms with Gasteiger partial charge in [-0.15, -0.1) is 5.10 Å². The number of para-hydroxylation sites is 1. The second-order valence-electron chi connectivity index (χ2n) is 6.00. The van der Waals surface area contributed by atoms with Crippen molar-refractivity contribution >= 4 is 25.7 Å². The summed E-state index contributed by atoms with van der Waals surface area (Å²) in [7, 11) is -3.76. The lowest BCUT2D eigenvalue weighted by Crippen LogP contribution is -2.04. The molecule has 0 unspecified atom stereocenters. The molecule has 0 bridgehead atoms. The summed E-state index contributed by atoms with van der Waals surface area (Å²) in [6.07, 6.45) is 1.41. The molecule has 0 saturated heterocycles. The number of hydrazone groups is 1. The molecule has 2 aromatic carbocycles. The van der Waals surface area contributed by atoms with Crippen LogP contribution in [0.25, 0.3) is 11.5 Å². The van der Waals surface area contributed by atoms with Gasteiger partial charge < -0.3 is 8.94 Å². The van der Waals surface area contributed by atoms with Crippen LogP contribution in [0.5, 0.6) is 5.75 Å². The third kappa shape index (κ3) is 5.97. The Labute approximate surface area is 183 Å². The first kappa shape index (κ1) is 23.1. The normalized spacial score (nSPS) is 11.6. The molecule has 0 atom stereocenters. The SMILES string of the molecule is CCOP(=O)(OCC)Oc1ccccc1/C=N\Nc1nnc(-c2ccc([N+](=O)[O-])cc2)o1. The van der Waals surface area contributed by atoms with Gasteiger partial charge in [0.15, 0.2) is 0 Å². The fourth-order valence-electron chi connectivity index (χ4n) is 2.46. The Morgan fingerprint density at radius 3 is 2.47 bits per heavy atom. The Bertz CT molecular complexity index is 1120. The van der Waals surface area contributed by atoms with E-state index in [2.05, 4.69) is 20.7 Å². The Hall–Kier alpha value is -3.60. The molecule has 0 radical (unpaired) electrons. The number of nitro groups is 1. The highest BCUT2D eigenvalue weighted by Gasteiger charge is 2.28. The Morgan fingerprint density at radius 2 is 1.81 bits per heavy atom. The van der Waals surface area contributed by atoms with Crippen LogP contribution in [0.4, 0.5) is 11.7 Å². The summed E-state index contributed by atoms with van der Waals surface area (Å²) in [6.45, 7) is 3.68. The molecule has 0 fully saturated rings. The van der Waals surface area contributed by atoms with E-state index in [1.54, 1.807) is 38.1 Å². The minimum Gasteiger partial charge on any atom is -0.403 e. The van der Waals surface area contributed by atoms with Crippen molar-refractivity contribution in [2.45, 2.75) is 13.8 Å². The molecule has 0 aliphatic carbocycles. The van der Waals surface area contributed by atoms with E-state index in [4.69, 9.17) is 18.0 Å². The van der Waals surface area contributed by atoms with Crippen molar-refractivity contribution < 1.29 is 27.5 Å². The number of non-ortho nitro benzene ring substituents is 1. The Balaban J connectivity index is 1.69. The lowest BCUT2D eigenvalue weighted by Gasteiger charge is -2.18. The summed E-state index contributed by atoms with van der Waals surface area (Å²) < 4.78 is 33.9. The molecule has 3 rings (SSSR count). The third-order valence-electron chi connectivity index (χ3n) is 3.82. The van der Waals surface area contributed by atoms with Crippen LogP contribution in [-0.2, 0) is 13.6 Å². The monoisotopic (exact) mass is 461 g/mol. The first-order chi connectivity index (χ1) is 15.4. The van der Waals surface area contributed by atoms with Gasteiger partial charge in [-0.3, -0.25) is 19.2 Å². The number of hydrogen-bond donors (Lipinski definition) is 1. The highest BCUT2D eigenvalue weighted by atomic mass is 31.2. The van der Waals surface area contributed by atoms with Crippen molar-refractivity contribution in [2.24, 2.45) is 5.10 Å². The summed E-state index contributed by atoms with van der Waals surface area (Å²) in [5, 5.41) is 22.5. The van der Waals surface area contributed by atoms with Crippen LogP contribution in [0.1, 0.15) is 19.4 Å². The predicted molar refractivity (Wildman–Crippen MR) is 116 cm³/mol. The second-order valence-corrected chi connectivity index (χ2v) is 7.59. The van der Waals surface area contributed by atoms with Gasteiger partial charge in [-0.1, -0.05) is 17.2 Å². The summed E-state index contributed by atoms with van der Waals surface area (Å²) in [5.41, 5.74) is 3.55. The molecule has 0 aliphatic rings. The van der Waals surface area contributed by atoms with Gasteiger partial charge in [0.05, 0.1) is 24.4 Å². The number of benzene rings is 2. The van der Waals surface area contributed by atoms with Gasteiger partial charge in [0.2, 0.25) is 5.89 Å². The van der Waals surface area contributed by atoms with Crippen LogP contribution in [0.2, 0.25) is 0 Å². The average Bonchev–Trinajstić information content (AvgIpc) is 3.24. The van der Waals surface area contributed by atoms with E-state index < -0.39 is 12.7 Å². The number of phosphoric ester groups is 1. The second kappa shape index (κ2) is 10.6. The van der Waals surface area contributed by atoms with Crippen molar-refractivity contribution in [2.75, 3.05) is 18.6 Å². The Morgan fingerprint density at radius 1 is 1.12 bits per heavy atom. The molecule has 0 aliphatic heterocycles. The number of nitrogens with zero attached hydrogens (tertiary/aromatic N) is 4. The van der Waals surface area contributed by atoms with Crippen molar-refractivity contribution in [1.82, 2.24) is 10.2 Å². The van der Waals surface area contributed by atoms with E-state index in [9.17, 15) is 14.7 Å². The summed E-state index contributed by atoms with van der Waals surface area (Å²) in [6, 6.07) is 12.4. The highest BCUT2D eigenvalue weighted by molar-refractivity contribution is 7.48. The summed E-state index contributed by atoms with van der Waals surface area (Å²) >= 11 is 0. The van der Waals surface area contributed by atoms with Crippen LogP contribution in [0.3, 0.4) is 0 Å². The lowest BCUT2D eigenvalue weighted by molar-refractivity contribution is -0.384. The Kier molecular flexibility index (Phi) is 7.66. The number of nitrogens with one attached hydrogen (secondary N) is 1. The first-order valence-corrected chi connectivity index (χ1v) is 10.9. The number of rotatable bonds is 11. The van der Waals surface area contributed by atoms with E-state index in [0.29, 0.717) is 11.1 Å². The molecule has 168 valence electrons. The van der Waals surface area contributed by atoms with Gasteiger partial charge in [-0.2, -0.15) is 5.10 Å². The van der Waals surface area contributed by atoms with Gasteiger partial charge in [0.25, 0.3) is 5.69 Å². The molecule has 13 heteroatoms. The van der Waals surface area contributed by atoms with Crippen molar-refractivity contribution in [1.29, 1.82) is 0 Å². The summed E-state index contributed by atoms with van der Waals surface area (Å²) in [5.74, 6) is 0.413. The predicted octanol–water partition coefficient (Wildman–Crippen LogP) is 4.65. The van der Waals surface area contributed by atoms with E-state index >= 15 is 0 Å². The molecule has 0 spiro atoms. The average molecular weight is 461 g/mol. The fraction of sp³-hybridized carbons (Fsp3) is 0.211. The zero-order valence-corrected chi connectivity index (χ0v) is 18.1. The van der Waals surface area contributed by atoms with E-state index in [0.717, 1.165) is 0 Å². The molecule has 32 heavy (non-hydrogen) atoms. The molecule has 1 heterocycles. The van der Waals surface area contributed by atoms with Crippen LogP contribution in [0.15, 0.2) is 58.0 Å². The molecule has 3 aromatic rings. The minimum absolute atomic E-state index is 0.00214. The van der Waals surface area contributed by atoms with Gasteiger partial charge in [0, 0.05) is 23.3 Å². The third-order valence-corrected chi connectivity index (χ3v) is 5.39. The van der Waals surface area contributed by atoms with Crippen LogP contribution < -0.4 is 9.95 Å². The number of phosphoric acid groups is 1. The molecular weight excluding hydrogens is 441 g/mol. The molecular formula is C19H20N5O7P. The summed E-state index contributed by atoms with van der Waals surface area (Å²) in [4.78, 5) is 10.2. The minimum atomic E-state index is -3.76. The number of aromatic nitrogens is 2. The molecule has 1 N–H and O–H groups in total. The standard InChI is InChI=1S/C19H20N5O7P/c1-3-28-32(27,29-4-2)31-17-8-6-5-7-15(17)13-20-22-19-23-21-18(30-19)14-9-11-16(12-10-14)24(25)26/h5-13H,3-4H2,1-2H3,(H,22,23)/b20-13-. The van der Waals surface area contributed by atoms with Gasteiger partial charge in [-0.05, 0) is 38.1 Å². The zero-order valence-electron chi connectivity index (χ0n) is 17.2. The number of nitro benzene ring substituents is 1. The van der Waals surface area contributed by atoms with Crippen molar-refractivity contribution in [3.05, 3.63) is 64.2 Å². The van der Waals surface area contributed by atoms with Crippen LogP contribution >= 0.6 is 7.82 Å². The van der Waals surface area contributed by atoms with Gasteiger partial charge in [-0.25, -0.2) is 9.99 Å². The van der Waals surface area contributed by atoms with E-state index in [1.807, 2.05) is 0 Å². The molecule has 12 nitrogen and oxygen atoms in total. The van der Waals surface area contributed by atoms with Gasteiger partial charge >= 0.3 is 13.8 Å². The number of hydrogen-bond acceptors (Lipinski definition) is 11. The topological polar surface area (TPSA) is 151 Å². The maximum atomic E-state index is 12.6. The van der Waals surface area contributed by atoms with Crippen molar-refractivity contribution in [3.63, 3.8) is 0 Å². The zero-order chi connectivity index (χ0) is 23.0.